The number of nitrogens with zero attached hydrogens (tertiary/aromatic N) is 3. The van der Waals surface area contributed by atoms with Gasteiger partial charge >= 0.3 is 5.51 Å². The van der Waals surface area contributed by atoms with E-state index in [0.717, 1.165) is 64.3 Å². The zero-order valence-electron chi connectivity index (χ0n) is 15.1. The van der Waals surface area contributed by atoms with E-state index in [1.807, 2.05) is 11.0 Å². The quantitative estimate of drug-likeness (QED) is 0.649. The zero-order chi connectivity index (χ0) is 18.6. The highest BCUT2D eigenvalue weighted by Crippen LogP contribution is 2.38. The number of halogens is 4. The van der Waals surface area contributed by atoms with Crippen molar-refractivity contribution >= 4 is 35.8 Å². The summed E-state index contributed by atoms with van der Waals surface area (Å²) in [7, 11) is 0. The monoisotopic (exact) mass is 423 g/mol. The first-order chi connectivity index (χ1) is 12.4. The molecule has 0 bridgehead atoms. The standard InChI is InChI=1S/C18H24F3N3OS.ClH/c19-18(20,21)26-16-5-1-4-15(14-16)23-12-10-22(11-13-23)7-3-9-24-8-2-6-17(24)25;/h1,4-5,14H,2-3,6-13H2;1H. The predicted octanol–water partition coefficient (Wildman–Crippen LogP) is 3.85. The highest BCUT2D eigenvalue weighted by atomic mass is 35.5. The van der Waals surface area contributed by atoms with Crippen molar-refractivity contribution in [3.63, 3.8) is 0 Å². The van der Waals surface area contributed by atoms with E-state index < -0.39 is 5.51 Å². The Labute approximate surface area is 168 Å². The van der Waals surface area contributed by atoms with E-state index in [1.165, 1.54) is 6.07 Å². The van der Waals surface area contributed by atoms with Crippen LogP contribution in [0.5, 0.6) is 0 Å². The van der Waals surface area contributed by atoms with Crippen LogP contribution in [0.15, 0.2) is 29.2 Å². The lowest BCUT2D eigenvalue weighted by Crippen LogP contribution is -2.47. The maximum absolute atomic E-state index is 12.5. The van der Waals surface area contributed by atoms with E-state index in [-0.39, 0.29) is 35.0 Å². The molecule has 2 heterocycles. The van der Waals surface area contributed by atoms with Crippen LogP contribution < -0.4 is 4.90 Å². The number of hydrogen-bond acceptors (Lipinski definition) is 4. The molecule has 1 aromatic rings. The molecule has 0 aromatic heterocycles. The van der Waals surface area contributed by atoms with Crippen LogP contribution in [0.25, 0.3) is 0 Å². The first-order valence-corrected chi connectivity index (χ1v) is 9.83. The summed E-state index contributed by atoms with van der Waals surface area (Å²) < 4.78 is 37.6. The van der Waals surface area contributed by atoms with E-state index in [2.05, 4.69) is 9.80 Å². The van der Waals surface area contributed by atoms with Gasteiger partial charge in [0.05, 0.1) is 0 Å². The number of piperazine rings is 1. The van der Waals surface area contributed by atoms with Crippen molar-refractivity contribution in [2.75, 3.05) is 50.7 Å². The Kier molecular flexibility index (Phi) is 8.12. The molecule has 2 aliphatic rings. The second kappa shape index (κ2) is 9.89. The lowest BCUT2D eigenvalue weighted by atomic mass is 10.2. The molecular weight excluding hydrogens is 399 g/mol. The van der Waals surface area contributed by atoms with Crippen LogP contribution >= 0.6 is 24.2 Å². The van der Waals surface area contributed by atoms with Crippen molar-refractivity contribution in [3.05, 3.63) is 24.3 Å². The van der Waals surface area contributed by atoms with Crippen molar-refractivity contribution < 1.29 is 18.0 Å². The Bertz CT molecular complexity index is 624. The largest absolute Gasteiger partial charge is 0.446 e. The number of amides is 1. The molecule has 0 spiro atoms. The number of carbonyl (C=O) groups excluding carboxylic acids is 1. The number of thioether (sulfide) groups is 1. The van der Waals surface area contributed by atoms with Crippen LogP contribution in [-0.4, -0.2) is 67.0 Å². The van der Waals surface area contributed by atoms with Crippen LogP contribution in [-0.2, 0) is 4.79 Å². The topological polar surface area (TPSA) is 26.8 Å². The fraction of sp³-hybridized carbons (Fsp3) is 0.611. The van der Waals surface area contributed by atoms with Gasteiger partial charge in [0.1, 0.15) is 0 Å². The molecule has 0 atom stereocenters. The van der Waals surface area contributed by atoms with Gasteiger partial charge < -0.3 is 9.80 Å². The Balaban J connectivity index is 0.00000261. The van der Waals surface area contributed by atoms with Crippen LogP contribution in [0.4, 0.5) is 18.9 Å². The van der Waals surface area contributed by atoms with Gasteiger partial charge in [-0.2, -0.15) is 13.2 Å². The summed E-state index contributed by atoms with van der Waals surface area (Å²) in [6, 6.07) is 6.67. The zero-order valence-corrected chi connectivity index (χ0v) is 16.7. The van der Waals surface area contributed by atoms with E-state index in [1.54, 1.807) is 12.1 Å². The third-order valence-corrected chi connectivity index (χ3v) is 5.58. The van der Waals surface area contributed by atoms with Gasteiger partial charge in [-0.25, -0.2) is 0 Å². The summed E-state index contributed by atoms with van der Waals surface area (Å²) in [5.74, 6) is 0.270. The molecule has 2 aliphatic heterocycles. The van der Waals surface area contributed by atoms with Gasteiger partial charge in [-0.3, -0.25) is 9.69 Å². The van der Waals surface area contributed by atoms with Gasteiger partial charge in [0.15, 0.2) is 0 Å². The van der Waals surface area contributed by atoms with Crippen LogP contribution in [0.2, 0.25) is 0 Å². The van der Waals surface area contributed by atoms with E-state index in [4.69, 9.17) is 0 Å². The third kappa shape index (κ3) is 6.76. The molecule has 1 amide bonds. The minimum Gasteiger partial charge on any atom is -0.369 e. The predicted molar refractivity (Wildman–Crippen MR) is 105 cm³/mol. The molecular formula is C18H25ClF3N3OS. The van der Waals surface area contributed by atoms with Gasteiger partial charge in [-0.15, -0.1) is 12.4 Å². The third-order valence-electron chi connectivity index (χ3n) is 4.86. The Morgan fingerprint density at radius 1 is 1.04 bits per heavy atom. The molecule has 2 fully saturated rings. The van der Waals surface area contributed by atoms with Gasteiger partial charge in [0, 0.05) is 56.3 Å². The van der Waals surface area contributed by atoms with Crippen LogP contribution in [0, 0.1) is 0 Å². The molecule has 27 heavy (non-hydrogen) atoms. The molecule has 0 saturated carbocycles. The van der Waals surface area contributed by atoms with Crippen molar-refractivity contribution in [1.82, 2.24) is 9.80 Å². The number of likely N-dealkylation sites (tertiary alicyclic amines) is 1. The summed E-state index contributed by atoms with van der Waals surface area (Å²) in [6.07, 6.45) is 2.64. The minimum atomic E-state index is -4.26. The maximum Gasteiger partial charge on any atom is 0.446 e. The first-order valence-electron chi connectivity index (χ1n) is 9.02. The second-order valence-electron chi connectivity index (χ2n) is 6.71. The van der Waals surface area contributed by atoms with Crippen LogP contribution in [0.3, 0.4) is 0 Å². The summed E-state index contributed by atoms with van der Waals surface area (Å²) in [5, 5.41) is 0. The van der Waals surface area contributed by atoms with Gasteiger partial charge in [-0.1, -0.05) is 6.07 Å². The number of anilines is 1. The number of carbonyl (C=O) groups is 1. The number of hydrogen-bond donors (Lipinski definition) is 0. The maximum atomic E-state index is 12.5. The molecule has 0 radical (unpaired) electrons. The molecule has 152 valence electrons. The molecule has 4 nitrogen and oxygen atoms in total. The molecule has 0 unspecified atom stereocenters. The average molecular weight is 424 g/mol. The number of benzene rings is 1. The second-order valence-corrected chi connectivity index (χ2v) is 7.85. The van der Waals surface area contributed by atoms with Gasteiger partial charge in [-0.05, 0) is 49.3 Å². The smallest absolute Gasteiger partial charge is 0.369 e. The van der Waals surface area contributed by atoms with Crippen LogP contribution in [0.1, 0.15) is 19.3 Å². The lowest BCUT2D eigenvalue weighted by Gasteiger charge is -2.36. The van der Waals surface area contributed by atoms with E-state index >= 15 is 0 Å². The number of alkyl halides is 3. The van der Waals surface area contributed by atoms with Gasteiger partial charge in [0.2, 0.25) is 5.91 Å². The fourth-order valence-electron chi connectivity index (χ4n) is 3.53. The Hall–Kier alpha value is -1.12. The van der Waals surface area contributed by atoms with Crippen molar-refractivity contribution in [2.45, 2.75) is 29.7 Å². The molecule has 0 N–H and O–H groups in total. The Morgan fingerprint density at radius 2 is 1.78 bits per heavy atom. The summed E-state index contributed by atoms with van der Waals surface area (Å²) in [5.41, 5.74) is -3.41. The summed E-state index contributed by atoms with van der Waals surface area (Å²) in [6.45, 7) is 6.08. The highest BCUT2D eigenvalue weighted by Gasteiger charge is 2.29. The van der Waals surface area contributed by atoms with Gasteiger partial charge in [0.25, 0.3) is 0 Å². The molecule has 9 heteroatoms. The normalized spacial score (nSPS) is 18.7. The van der Waals surface area contributed by atoms with E-state index in [9.17, 15) is 18.0 Å². The minimum absolute atomic E-state index is 0. The first kappa shape index (κ1) is 22.2. The highest BCUT2D eigenvalue weighted by molar-refractivity contribution is 8.00. The van der Waals surface area contributed by atoms with Crippen molar-refractivity contribution in [1.29, 1.82) is 0 Å². The van der Waals surface area contributed by atoms with Crippen molar-refractivity contribution in [2.24, 2.45) is 0 Å². The lowest BCUT2D eigenvalue weighted by molar-refractivity contribution is -0.127. The Morgan fingerprint density at radius 3 is 2.41 bits per heavy atom. The molecule has 2 saturated heterocycles. The SMILES string of the molecule is Cl.O=C1CCCN1CCCN1CCN(c2cccc(SC(F)(F)F)c2)CC1. The fourth-order valence-corrected chi connectivity index (χ4v) is 4.13. The average Bonchev–Trinajstić information content (AvgIpc) is 2.99. The molecule has 3 rings (SSSR count). The molecule has 0 aliphatic carbocycles. The number of rotatable bonds is 6. The summed E-state index contributed by atoms with van der Waals surface area (Å²) >= 11 is -0.0665. The van der Waals surface area contributed by atoms with Crippen molar-refractivity contribution in [3.8, 4) is 0 Å². The summed E-state index contributed by atoms with van der Waals surface area (Å²) in [4.78, 5) is 18.3. The van der Waals surface area contributed by atoms with E-state index in [0.29, 0.717) is 6.42 Å². The molecule has 1 aromatic carbocycles.